The number of nitrogens with zero attached hydrogens (tertiary/aromatic N) is 1. The molecule has 0 spiro atoms. The van der Waals surface area contributed by atoms with Crippen molar-refractivity contribution in [3.05, 3.63) is 132 Å². The van der Waals surface area contributed by atoms with E-state index in [0.29, 0.717) is 18.6 Å². The summed E-state index contributed by atoms with van der Waals surface area (Å²) in [4.78, 5) is 25.4. The van der Waals surface area contributed by atoms with Gasteiger partial charge in [0, 0.05) is 25.3 Å². The molecular weight excluding hydrogens is 538 g/mol. The minimum absolute atomic E-state index is 0.139. The molecule has 4 rings (SSSR count). The number of para-hydroxylation sites is 1. The first-order chi connectivity index (χ1) is 20.6. The minimum Gasteiger partial charge on any atom is -0.481 e. The van der Waals surface area contributed by atoms with Gasteiger partial charge in [0.2, 0.25) is 0 Å². The van der Waals surface area contributed by atoms with E-state index in [-0.39, 0.29) is 11.9 Å². The molecule has 6 nitrogen and oxygen atoms in total. The molecule has 0 radical (unpaired) electrons. The number of carboxylic acids is 1. The van der Waals surface area contributed by atoms with Crippen LogP contribution in [0, 0.1) is 5.92 Å². The summed E-state index contributed by atoms with van der Waals surface area (Å²) in [5.41, 5.74) is 2.27. The standard InChI is InChI=1S/C22H29NO2.C15H14O3/c1-5-21(24)25-22(18(2)17-23(3)4,20-14-10-7-11-15-20)16-19-12-8-6-9-13-19;1-11(15(16)17)12-6-5-9-14(10-12)18-13-7-3-2-4-8-13/h6-15,18H,5,16-17H2,1-4H3;2-11H,1H3,(H,16,17). The summed E-state index contributed by atoms with van der Waals surface area (Å²) in [6, 6.07) is 37.0. The highest BCUT2D eigenvalue weighted by atomic mass is 16.6. The van der Waals surface area contributed by atoms with Crippen molar-refractivity contribution in [3.63, 3.8) is 0 Å². The number of ether oxygens (including phenoxy) is 2. The van der Waals surface area contributed by atoms with Crippen LogP contribution in [0.5, 0.6) is 11.5 Å². The van der Waals surface area contributed by atoms with E-state index in [4.69, 9.17) is 14.6 Å². The van der Waals surface area contributed by atoms with E-state index >= 15 is 0 Å². The molecule has 4 aromatic carbocycles. The topological polar surface area (TPSA) is 76.1 Å². The number of hydrogen-bond donors (Lipinski definition) is 1. The number of aliphatic carboxylic acids is 1. The van der Waals surface area contributed by atoms with Gasteiger partial charge in [-0.15, -0.1) is 0 Å². The molecule has 6 heteroatoms. The molecule has 3 unspecified atom stereocenters. The Morgan fingerprint density at radius 3 is 1.91 bits per heavy atom. The Hall–Kier alpha value is -4.42. The lowest BCUT2D eigenvalue weighted by atomic mass is 9.77. The summed E-state index contributed by atoms with van der Waals surface area (Å²) in [5, 5.41) is 8.98. The third kappa shape index (κ3) is 9.83. The summed E-state index contributed by atoms with van der Waals surface area (Å²) in [6.07, 6.45) is 1.04. The van der Waals surface area contributed by atoms with Gasteiger partial charge in [0.05, 0.1) is 5.92 Å². The van der Waals surface area contributed by atoms with Crippen LogP contribution in [0.1, 0.15) is 49.8 Å². The Morgan fingerprint density at radius 1 is 0.791 bits per heavy atom. The average molecular weight is 582 g/mol. The maximum absolute atomic E-state index is 12.3. The molecule has 4 aromatic rings. The van der Waals surface area contributed by atoms with Gasteiger partial charge in [0.1, 0.15) is 17.1 Å². The van der Waals surface area contributed by atoms with Gasteiger partial charge in [0.15, 0.2) is 0 Å². The number of carbonyl (C=O) groups is 2. The molecule has 0 saturated carbocycles. The molecule has 0 amide bonds. The van der Waals surface area contributed by atoms with Crippen LogP contribution in [0.15, 0.2) is 115 Å². The molecule has 0 fully saturated rings. The molecule has 0 heterocycles. The van der Waals surface area contributed by atoms with E-state index in [2.05, 4.69) is 50.2 Å². The van der Waals surface area contributed by atoms with Crippen molar-refractivity contribution >= 4 is 11.9 Å². The van der Waals surface area contributed by atoms with Crippen molar-refractivity contribution in [1.82, 2.24) is 4.90 Å². The van der Waals surface area contributed by atoms with E-state index < -0.39 is 17.5 Å². The molecule has 43 heavy (non-hydrogen) atoms. The van der Waals surface area contributed by atoms with Gasteiger partial charge in [-0.1, -0.05) is 105 Å². The maximum Gasteiger partial charge on any atom is 0.310 e. The third-order valence-electron chi connectivity index (χ3n) is 7.30. The second kappa shape index (κ2) is 16.3. The molecule has 0 aromatic heterocycles. The van der Waals surface area contributed by atoms with Crippen molar-refractivity contribution in [3.8, 4) is 11.5 Å². The highest BCUT2D eigenvalue weighted by Gasteiger charge is 2.42. The molecular formula is C37H43NO5. The third-order valence-corrected chi connectivity index (χ3v) is 7.30. The van der Waals surface area contributed by atoms with E-state index in [1.54, 1.807) is 25.1 Å². The summed E-state index contributed by atoms with van der Waals surface area (Å²) in [7, 11) is 4.10. The number of carbonyl (C=O) groups excluding carboxylic acids is 1. The van der Waals surface area contributed by atoms with Gasteiger partial charge >= 0.3 is 11.9 Å². The summed E-state index contributed by atoms with van der Waals surface area (Å²) >= 11 is 0. The van der Waals surface area contributed by atoms with Crippen molar-refractivity contribution in [2.75, 3.05) is 20.6 Å². The predicted octanol–water partition coefficient (Wildman–Crippen LogP) is 7.94. The number of esters is 1. The molecule has 3 atom stereocenters. The van der Waals surface area contributed by atoms with Gasteiger partial charge in [-0.3, -0.25) is 9.59 Å². The first-order valence-corrected chi connectivity index (χ1v) is 14.7. The lowest BCUT2D eigenvalue weighted by Gasteiger charge is -2.40. The highest BCUT2D eigenvalue weighted by Crippen LogP contribution is 2.38. The van der Waals surface area contributed by atoms with E-state index in [1.165, 1.54) is 5.56 Å². The first kappa shape index (κ1) is 33.1. The van der Waals surface area contributed by atoms with E-state index in [0.717, 1.165) is 23.4 Å². The normalized spacial score (nSPS) is 13.5. The Balaban J connectivity index is 0.000000248. The smallest absolute Gasteiger partial charge is 0.310 e. The minimum atomic E-state index is -0.841. The fourth-order valence-corrected chi connectivity index (χ4v) is 4.96. The molecule has 1 N–H and O–H groups in total. The van der Waals surface area contributed by atoms with Crippen molar-refractivity contribution in [2.45, 2.75) is 45.1 Å². The van der Waals surface area contributed by atoms with Crippen LogP contribution in [0.25, 0.3) is 0 Å². The maximum atomic E-state index is 12.3. The Labute approximate surface area is 255 Å². The van der Waals surface area contributed by atoms with Crippen LogP contribution in [0.3, 0.4) is 0 Å². The van der Waals surface area contributed by atoms with Crippen LogP contribution in [-0.2, 0) is 26.3 Å². The molecule has 0 aliphatic heterocycles. The zero-order valence-electron chi connectivity index (χ0n) is 25.8. The van der Waals surface area contributed by atoms with Crippen LogP contribution in [0.2, 0.25) is 0 Å². The highest BCUT2D eigenvalue weighted by molar-refractivity contribution is 5.75. The van der Waals surface area contributed by atoms with Crippen LogP contribution in [-0.4, -0.2) is 42.6 Å². The Morgan fingerprint density at radius 2 is 1.35 bits per heavy atom. The molecule has 0 aliphatic rings. The largest absolute Gasteiger partial charge is 0.481 e. The number of carboxylic acid groups (broad SMARTS) is 1. The SMILES string of the molecule is CC(C(=O)O)c1cccc(Oc2ccccc2)c1.CCC(=O)OC(Cc1ccccc1)(c1ccccc1)C(C)CN(C)C. The van der Waals surface area contributed by atoms with Crippen LogP contribution >= 0.6 is 0 Å². The summed E-state index contributed by atoms with van der Waals surface area (Å²) < 4.78 is 11.8. The molecule has 226 valence electrons. The lowest BCUT2D eigenvalue weighted by molar-refractivity contribution is -0.168. The molecule has 0 aliphatic carbocycles. The van der Waals surface area contributed by atoms with Crippen molar-refractivity contribution < 1.29 is 24.2 Å². The Kier molecular flexibility index (Phi) is 12.5. The zero-order chi connectivity index (χ0) is 31.2. The van der Waals surface area contributed by atoms with E-state index in [9.17, 15) is 9.59 Å². The lowest BCUT2D eigenvalue weighted by Crippen LogP contribution is -2.44. The van der Waals surface area contributed by atoms with Gasteiger partial charge in [-0.25, -0.2) is 0 Å². The second-order valence-corrected chi connectivity index (χ2v) is 11.0. The number of hydrogen-bond acceptors (Lipinski definition) is 5. The van der Waals surface area contributed by atoms with Crippen LogP contribution in [0.4, 0.5) is 0 Å². The van der Waals surface area contributed by atoms with Gasteiger partial charge in [-0.05, 0) is 62.0 Å². The van der Waals surface area contributed by atoms with E-state index in [1.807, 2.05) is 79.7 Å². The average Bonchev–Trinajstić information content (AvgIpc) is 3.01. The summed E-state index contributed by atoms with van der Waals surface area (Å²) in [6.45, 7) is 6.50. The monoisotopic (exact) mass is 581 g/mol. The quantitative estimate of drug-likeness (QED) is 0.171. The predicted molar refractivity (Wildman–Crippen MR) is 171 cm³/mol. The molecule has 0 bridgehead atoms. The fraction of sp³-hybridized carbons (Fsp3) is 0.297. The van der Waals surface area contributed by atoms with Crippen LogP contribution < -0.4 is 4.74 Å². The number of benzene rings is 4. The fourth-order valence-electron chi connectivity index (χ4n) is 4.96. The van der Waals surface area contributed by atoms with Gasteiger partial charge in [-0.2, -0.15) is 0 Å². The van der Waals surface area contributed by atoms with Crippen molar-refractivity contribution in [1.29, 1.82) is 0 Å². The molecule has 0 saturated heterocycles. The Bertz CT molecular complexity index is 1410. The second-order valence-electron chi connectivity index (χ2n) is 11.0. The number of rotatable bonds is 12. The zero-order valence-corrected chi connectivity index (χ0v) is 25.8. The summed E-state index contributed by atoms with van der Waals surface area (Å²) in [5.74, 6) is -0.0217. The van der Waals surface area contributed by atoms with Gasteiger partial charge in [0.25, 0.3) is 0 Å². The van der Waals surface area contributed by atoms with Crippen molar-refractivity contribution in [2.24, 2.45) is 5.92 Å². The van der Waals surface area contributed by atoms with Gasteiger partial charge < -0.3 is 19.5 Å². The first-order valence-electron chi connectivity index (χ1n) is 14.7.